The summed E-state index contributed by atoms with van der Waals surface area (Å²) in [4.78, 5) is 0. The van der Waals surface area contributed by atoms with Gasteiger partial charge in [0.15, 0.2) is 12.6 Å². The molecule has 5 rings (SSSR count). The lowest BCUT2D eigenvalue weighted by Crippen LogP contribution is -2.64. The van der Waals surface area contributed by atoms with Crippen molar-refractivity contribution in [1.29, 1.82) is 0 Å². The maximum absolute atomic E-state index is 6.53. The minimum atomic E-state index is -0.615. The average molecular weight is 503 g/mol. The molecule has 0 saturated carbocycles. The van der Waals surface area contributed by atoms with Crippen molar-refractivity contribution in [3.05, 3.63) is 113 Å². The first-order valence-electron chi connectivity index (χ1n) is 12.7. The van der Waals surface area contributed by atoms with Gasteiger partial charge in [-0.15, -0.1) is 0 Å². The number of hydrogen-bond donors (Lipinski definition) is 0. The fourth-order valence-corrected chi connectivity index (χ4v) is 4.75. The largest absolute Gasteiger partial charge is 0.368 e. The Morgan fingerprint density at radius 2 is 1.35 bits per heavy atom. The highest BCUT2D eigenvalue weighted by Gasteiger charge is 2.51. The van der Waals surface area contributed by atoms with Gasteiger partial charge in [0, 0.05) is 7.11 Å². The van der Waals surface area contributed by atoms with Crippen LogP contribution in [-0.4, -0.2) is 50.7 Å². The van der Waals surface area contributed by atoms with E-state index in [4.69, 9.17) is 28.4 Å². The van der Waals surface area contributed by atoms with Gasteiger partial charge < -0.3 is 28.4 Å². The zero-order valence-corrected chi connectivity index (χ0v) is 21.3. The highest BCUT2D eigenvalue weighted by molar-refractivity contribution is 5.52. The third-order valence-electron chi connectivity index (χ3n) is 6.65. The van der Waals surface area contributed by atoms with Crippen LogP contribution in [0.4, 0.5) is 0 Å². The molecule has 0 aromatic heterocycles. The van der Waals surface area contributed by atoms with E-state index in [2.05, 4.69) is 18.2 Å². The molecule has 2 aliphatic rings. The molecule has 0 N–H and O–H groups in total. The van der Waals surface area contributed by atoms with Crippen LogP contribution in [0, 0.1) is 0 Å². The molecular formula is C31H34O6. The minimum Gasteiger partial charge on any atom is -0.368 e. The Morgan fingerprint density at radius 3 is 1.95 bits per heavy atom. The van der Waals surface area contributed by atoms with Gasteiger partial charge in [0.05, 0.1) is 19.8 Å². The number of rotatable bonds is 9. The van der Waals surface area contributed by atoms with E-state index < -0.39 is 30.9 Å². The van der Waals surface area contributed by atoms with Crippen molar-refractivity contribution in [3.8, 4) is 0 Å². The lowest BCUT2D eigenvalue weighted by atomic mass is 9.97. The van der Waals surface area contributed by atoms with Gasteiger partial charge in [0.1, 0.15) is 24.4 Å². The van der Waals surface area contributed by atoms with Crippen molar-refractivity contribution in [1.82, 2.24) is 0 Å². The molecule has 3 aromatic carbocycles. The summed E-state index contributed by atoms with van der Waals surface area (Å²) in [7, 11) is 1.62. The highest BCUT2D eigenvalue weighted by atomic mass is 16.8. The second-order valence-corrected chi connectivity index (χ2v) is 9.37. The van der Waals surface area contributed by atoms with Crippen LogP contribution in [-0.2, 0) is 41.6 Å². The van der Waals surface area contributed by atoms with E-state index in [1.165, 1.54) is 0 Å². The summed E-state index contributed by atoms with van der Waals surface area (Å²) in [6, 6.07) is 30.3. The molecule has 37 heavy (non-hydrogen) atoms. The Hall–Kier alpha value is -2.84. The van der Waals surface area contributed by atoms with Crippen LogP contribution in [0.15, 0.2) is 96.6 Å². The van der Waals surface area contributed by atoms with E-state index in [-0.39, 0.29) is 6.10 Å². The fourth-order valence-electron chi connectivity index (χ4n) is 4.75. The third-order valence-corrected chi connectivity index (χ3v) is 6.65. The van der Waals surface area contributed by atoms with Crippen LogP contribution < -0.4 is 0 Å². The zero-order valence-electron chi connectivity index (χ0n) is 21.3. The van der Waals surface area contributed by atoms with Gasteiger partial charge in [-0.05, 0) is 29.2 Å². The molecule has 2 heterocycles. The normalized spacial score (nSPS) is 28.0. The van der Waals surface area contributed by atoms with E-state index in [1.807, 2.05) is 85.8 Å². The fraction of sp³-hybridized carbons (Fsp3) is 0.355. The van der Waals surface area contributed by atoms with Gasteiger partial charge in [-0.1, -0.05) is 97.1 Å². The van der Waals surface area contributed by atoms with Crippen molar-refractivity contribution >= 4 is 6.08 Å². The summed E-state index contributed by atoms with van der Waals surface area (Å²) in [6.07, 6.45) is -0.708. The van der Waals surface area contributed by atoms with Crippen LogP contribution in [0.3, 0.4) is 0 Å². The summed E-state index contributed by atoms with van der Waals surface area (Å²) in [6.45, 7) is 3.21. The maximum Gasteiger partial charge on any atom is 0.186 e. The van der Waals surface area contributed by atoms with Crippen LogP contribution in [0.1, 0.15) is 23.6 Å². The average Bonchev–Trinajstić information content (AvgIpc) is 2.96. The van der Waals surface area contributed by atoms with Crippen LogP contribution in [0.25, 0.3) is 6.08 Å². The molecule has 0 bridgehead atoms. The summed E-state index contributed by atoms with van der Waals surface area (Å²) in [5.41, 5.74) is 4.20. The van der Waals surface area contributed by atoms with Crippen molar-refractivity contribution in [2.45, 2.75) is 57.1 Å². The van der Waals surface area contributed by atoms with Crippen LogP contribution in [0.5, 0.6) is 0 Å². The van der Waals surface area contributed by atoms with Crippen LogP contribution in [0.2, 0.25) is 0 Å². The van der Waals surface area contributed by atoms with Crippen molar-refractivity contribution in [2.75, 3.05) is 13.7 Å². The summed E-state index contributed by atoms with van der Waals surface area (Å²) >= 11 is 0. The van der Waals surface area contributed by atoms with E-state index in [1.54, 1.807) is 7.11 Å². The van der Waals surface area contributed by atoms with Crippen molar-refractivity contribution in [2.24, 2.45) is 0 Å². The van der Waals surface area contributed by atoms with E-state index in [9.17, 15) is 0 Å². The Morgan fingerprint density at radius 1 is 0.784 bits per heavy atom. The summed E-state index contributed by atoms with van der Waals surface area (Å²) in [5, 5.41) is 0. The number of benzene rings is 3. The highest BCUT2D eigenvalue weighted by Crippen LogP contribution is 2.34. The first kappa shape index (κ1) is 25.8. The molecule has 0 unspecified atom stereocenters. The SMILES string of the molecule is CO[C@H]1O[C@@H]2CO[C@@H](/C(C)=C/c3ccccc3)O[C@H]2[C@H](OCc2ccccc2)[C@H]1OCc1ccccc1. The molecule has 0 aliphatic carbocycles. The lowest BCUT2D eigenvalue weighted by molar-refractivity contribution is -0.361. The molecule has 0 radical (unpaired) electrons. The Balaban J connectivity index is 1.37. The van der Waals surface area contributed by atoms with Gasteiger partial charge >= 0.3 is 0 Å². The standard InChI is InChI=1S/C31H34O6/c1-22(18-23-12-6-3-7-13-23)30-35-21-26-27(37-30)28(33-19-24-14-8-4-9-15-24)29(31(32-2)36-26)34-20-25-16-10-5-11-17-25/h3-18,26-31H,19-21H2,1-2H3/b22-18+/t26-,27-,28+,29-,30-,31+/m1/s1. The predicted octanol–water partition coefficient (Wildman–Crippen LogP) is 5.37. The molecule has 0 amide bonds. The first-order chi connectivity index (χ1) is 18.2. The summed E-state index contributed by atoms with van der Waals surface area (Å²) < 4.78 is 37.5. The van der Waals surface area contributed by atoms with E-state index in [0.717, 1.165) is 22.3 Å². The number of ether oxygens (including phenoxy) is 6. The predicted molar refractivity (Wildman–Crippen MR) is 140 cm³/mol. The van der Waals surface area contributed by atoms with Gasteiger partial charge in [-0.3, -0.25) is 0 Å². The molecular weight excluding hydrogens is 468 g/mol. The first-order valence-corrected chi connectivity index (χ1v) is 12.7. The molecule has 194 valence electrons. The molecule has 6 atom stereocenters. The Kier molecular flexibility index (Phi) is 8.79. The topological polar surface area (TPSA) is 55.4 Å². The molecule has 0 spiro atoms. The zero-order chi connectivity index (χ0) is 25.5. The van der Waals surface area contributed by atoms with Gasteiger partial charge in [0.2, 0.25) is 0 Å². The Labute approximate surface area is 218 Å². The molecule has 2 saturated heterocycles. The molecule has 2 fully saturated rings. The van der Waals surface area contributed by atoms with Gasteiger partial charge in [-0.2, -0.15) is 0 Å². The van der Waals surface area contributed by atoms with Gasteiger partial charge in [0.25, 0.3) is 0 Å². The lowest BCUT2D eigenvalue weighted by Gasteiger charge is -2.48. The minimum absolute atomic E-state index is 0.344. The number of hydrogen-bond acceptors (Lipinski definition) is 6. The van der Waals surface area contributed by atoms with Crippen molar-refractivity contribution in [3.63, 3.8) is 0 Å². The molecule has 6 nitrogen and oxygen atoms in total. The second kappa shape index (κ2) is 12.6. The van der Waals surface area contributed by atoms with Crippen LogP contribution >= 0.6 is 0 Å². The second-order valence-electron chi connectivity index (χ2n) is 9.37. The smallest absolute Gasteiger partial charge is 0.186 e. The number of fused-ring (bicyclic) bond motifs is 1. The maximum atomic E-state index is 6.53. The van der Waals surface area contributed by atoms with Crippen molar-refractivity contribution < 1.29 is 28.4 Å². The van der Waals surface area contributed by atoms with E-state index >= 15 is 0 Å². The quantitative estimate of drug-likeness (QED) is 0.392. The molecule has 2 aliphatic heterocycles. The molecule has 6 heteroatoms. The number of methoxy groups -OCH3 is 1. The monoisotopic (exact) mass is 502 g/mol. The van der Waals surface area contributed by atoms with E-state index in [0.29, 0.717) is 19.8 Å². The summed E-state index contributed by atoms with van der Waals surface area (Å²) in [5.74, 6) is 0. The van der Waals surface area contributed by atoms with Gasteiger partial charge in [-0.25, -0.2) is 0 Å². The Bertz CT molecular complexity index is 1120. The molecule has 3 aromatic rings. The third kappa shape index (κ3) is 6.54.